The van der Waals surface area contributed by atoms with Gasteiger partial charge in [0.15, 0.2) is 5.60 Å². The Morgan fingerprint density at radius 3 is 2.38 bits per heavy atom. The molecule has 24 heavy (non-hydrogen) atoms. The standard InChI is InChI=1S/C17H24O7/c1-14(2)10-6-7-15(14,3)17(21)16(10,20)12(13(19)23-5)9(24-17)8-11(18)22-4/h10,20-21H,6-8H2,1-5H3/t10-,15?,16-,17+/m1/s1. The molecule has 3 aliphatic rings. The monoisotopic (exact) mass is 340 g/mol. The molecule has 1 aliphatic heterocycles. The van der Waals surface area contributed by atoms with Crippen LogP contribution in [0.4, 0.5) is 0 Å². The van der Waals surface area contributed by atoms with E-state index in [0.29, 0.717) is 12.8 Å². The summed E-state index contributed by atoms with van der Waals surface area (Å²) in [7, 11) is 2.40. The molecule has 0 aromatic rings. The number of rotatable bonds is 3. The zero-order valence-corrected chi connectivity index (χ0v) is 14.6. The lowest BCUT2D eigenvalue weighted by Crippen LogP contribution is -2.61. The third kappa shape index (κ3) is 1.55. The molecule has 0 saturated heterocycles. The number of carbonyl (C=O) groups is 2. The Balaban J connectivity index is 2.20. The second-order valence-corrected chi connectivity index (χ2v) is 7.70. The molecule has 2 bridgehead atoms. The molecule has 2 aliphatic carbocycles. The van der Waals surface area contributed by atoms with Crippen LogP contribution in [0.25, 0.3) is 0 Å². The fourth-order valence-electron chi connectivity index (χ4n) is 5.17. The minimum absolute atomic E-state index is 0.0766. The molecule has 2 saturated carbocycles. The Kier molecular flexibility index (Phi) is 3.39. The minimum Gasteiger partial charge on any atom is -0.469 e. The molecule has 1 heterocycles. The number of ether oxygens (including phenoxy) is 3. The molecule has 0 radical (unpaired) electrons. The highest BCUT2D eigenvalue weighted by atomic mass is 16.7. The number of methoxy groups -OCH3 is 2. The van der Waals surface area contributed by atoms with Crippen LogP contribution in [-0.4, -0.2) is 47.8 Å². The zero-order valence-electron chi connectivity index (χ0n) is 14.6. The third-order valence-electron chi connectivity index (χ3n) is 6.85. The molecule has 3 rings (SSSR count). The summed E-state index contributed by atoms with van der Waals surface area (Å²) in [5.41, 5.74) is -3.33. The van der Waals surface area contributed by atoms with E-state index >= 15 is 0 Å². The van der Waals surface area contributed by atoms with E-state index in [1.807, 2.05) is 20.8 Å². The molecule has 2 fully saturated rings. The van der Waals surface area contributed by atoms with Gasteiger partial charge in [0, 0.05) is 11.3 Å². The first-order valence-corrected chi connectivity index (χ1v) is 8.03. The van der Waals surface area contributed by atoms with Crippen LogP contribution in [0, 0.1) is 16.7 Å². The van der Waals surface area contributed by atoms with Gasteiger partial charge in [0.25, 0.3) is 0 Å². The van der Waals surface area contributed by atoms with Gasteiger partial charge in [-0.2, -0.15) is 0 Å². The van der Waals surface area contributed by atoms with Crippen molar-refractivity contribution in [3.8, 4) is 0 Å². The summed E-state index contributed by atoms with van der Waals surface area (Å²) in [4.78, 5) is 24.1. The van der Waals surface area contributed by atoms with E-state index in [1.54, 1.807) is 0 Å². The maximum Gasteiger partial charge on any atom is 0.340 e. The molecule has 2 N–H and O–H groups in total. The smallest absolute Gasteiger partial charge is 0.340 e. The quantitative estimate of drug-likeness (QED) is 0.735. The number of esters is 2. The number of aliphatic hydroxyl groups is 2. The van der Waals surface area contributed by atoms with Crippen LogP contribution in [0.2, 0.25) is 0 Å². The van der Waals surface area contributed by atoms with Crippen molar-refractivity contribution in [1.29, 1.82) is 0 Å². The molecule has 0 aromatic carbocycles. The molecular weight excluding hydrogens is 316 g/mol. The Morgan fingerprint density at radius 1 is 1.21 bits per heavy atom. The van der Waals surface area contributed by atoms with Crippen molar-refractivity contribution in [3.63, 3.8) is 0 Å². The maximum atomic E-state index is 12.4. The van der Waals surface area contributed by atoms with E-state index in [-0.39, 0.29) is 17.8 Å². The van der Waals surface area contributed by atoms with Crippen molar-refractivity contribution >= 4 is 11.9 Å². The lowest BCUT2D eigenvalue weighted by molar-refractivity contribution is -0.302. The number of hydrogen-bond donors (Lipinski definition) is 2. The van der Waals surface area contributed by atoms with Gasteiger partial charge in [-0.1, -0.05) is 20.8 Å². The van der Waals surface area contributed by atoms with Crippen LogP contribution in [-0.2, 0) is 23.8 Å². The van der Waals surface area contributed by atoms with Gasteiger partial charge in [-0.05, 0) is 18.3 Å². The second-order valence-electron chi connectivity index (χ2n) is 7.70. The van der Waals surface area contributed by atoms with E-state index in [1.165, 1.54) is 14.2 Å². The SMILES string of the molecule is COC(=O)CC1=C(C(=O)OC)[C@]2(O)[C@@H]3CCC(C)(C3(C)C)[C@]2(O)O1. The predicted molar refractivity (Wildman–Crippen MR) is 81.3 cm³/mol. The van der Waals surface area contributed by atoms with Gasteiger partial charge in [-0.15, -0.1) is 0 Å². The Morgan fingerprint density at radius 2 is 1.83 bits per heavy atom. The van der Waals surface area contributed by atoms with Gasteiger partial charge in [0.05, 0.1) is 14.2 Å². The van der Waals surface area contributed by atoms with E-state index in [4.69, 9.17) is 9.47 Å². The normalized spacial score (nSPS) is 41.9. The maximum absolute atomic E-state index is 12.4. The topological polar surface area (TPSA) is 102 Å². The van der Waals surface area contributed by atoms with E-state index < -0.39 is 40.1 Å². The molecule has 7 nitrogen and oxygen atoms in total. The highest BCUT2D eigenvalue weighted by Gasteiger charge is 2.86. The van der Waals surface area contributed by atoms with E-state index in [0.717, 1.165) is 0 Å². The summed E-state index contributed by atoms with van der Waals surface area (Å²) in [5.74, 6) is -3.90. The van der Waals surface area contributed by atoms with Gasteiger partial charge in [0.2, 0.25) is 5.79 Å². The Hall–Kier alpha value is -1.60. The molecule has 1 unspecified atom stereocenters. The molecule has 0 amide bonds. The molecule has 0 spiro atoms. The fraction of sp³-hybridized carbons (Fsp3) is 0.765. The highest BCUT2D eigenvalue weighted by molar-refractivity contribution is 5.94. The van der Waals surface area contributed by atoms with Crippen LogP contribution >= 0.6 is 0 Å². The van der Waals surface area contributed by atoms with E-state index in [9.17, 15) is 19.8 Å². The summed E-state index contributed by atoms with van der Waals surface area (Å²) >= 11 is 0. The van der Waals surface area contributed by atoms with Crippen molar-refractivity contribution in [3.05, 3.63) is 11.3 Å². The largest absolute Gasteiger partial charge is 0.469 e. The lowest BCUT2D eigenvalue weighted by atomic mass is 9.68. The van der Waals surface area contributed by atoms with Crippen LogP contribution < -0.4 is 0 Å². The summed E-state index contributed by atoms with van der Waals surface area (Å²) in [6.07, 6.45) is 0.926. The van der Waals surface area contributed by atoms with Crippen molar-refractivity contribution in [2.24, 2.45) is 16.7 Å². The number of carbonyl (C=O) groups excluding carboxylic acids is 2. The molecule has 7 heteroatoms. The summed E-state index contributed by atoms with van der Waals surface area (Å²) < 4.78 is 15.2. The van der Waals surface area contributed by atoms with Crippen molar-refractivity contribution in [1.82, 2.24) is 0 Å². The predicted octanol–water partition coefficient (Wildman–Crippen LogP) is 0.883. The van der Waals surface area contributed by atoms with Crippen molar-refractivity contribution in [2.75, 3.05) is 14.2 Å². The Bertz CT molecular complexity index is 651. The molecule has 0 aromatic heterocycles. The van der Waals surface area contributed by atoms with Crippen molar-refractivity contribution in [2.45, 2.75) is 51.4 Å². The molecular formula is C17H24O7. The fourth-order valence-corrected chi connectivity index (χ4v) is 5.17. The molecule has 4 atom stereocenters. The number of fused-ring (bicyclic) bond motifs is 5. The van der Waals surface area contributed by atoms with Gasteiger partial charge in [-0.25, -0.2) is 4.79 Å². The van der Waals surface area contributed by atoms with Gasteiger partial charge >= 0.3 is 11.9 Å². The Labute approximate surface area is 140 Å². The van der Waals surface area contributed by atoms with Gasteiger partial charge < -0.3 is 24.4 Å². The highest BCUT2D eigenvalue weighted by Crippen LogP contribution is 2.77. The second kappa shape index (κ2) is 4.73. The first kappa shape index (κ1) is 17.2. The van der Waals surface area contributed by atoms with Crippen LogP contribution in [0.5, 0.6) is 0 Å². The summed E-state index contributed by atoms with van der Waals surface area (Å²) in [5, 5.41) is 22.9. The van der Waals surface area contributed by atoms with Crippen LogP contribution in [0.1, 0.15) is 40.0 Å². The molecule has 134 valence electrons. The average Bonchev–Trinajstić information content (AvgIpc) is 2.93. The average molecular weight is 340 g/mol. The van der Waals surface area contributed by atoms with Gasteiger partial charge in [0.1, 0.15) is 17.8 Å². The summed E-state index contributed by atoms with van der Waals surface area (Å²) in [6.45, 7) is 5.76. The van der Waals surface area contributed by atoms with E-state index in [2.05, 4.69) is 4.74 Å². The van der Waals surface area contributed by atoms with Crippen molar-refractivity contribution < 1.29 is 34.0 Å². The first-order chi connectivity index (χ1) is 11.0. The lowest BCUT2D eigenvalue weighted by Gasteiger charge is -2.46. The first-order valence-electron chi connectivity index (χ1n) is 8.03. The minimum atomic E-state index is -1.99. The van der Waals surface area contributed by atoms with Crippen LogP contribution in [0.3, 0.4) is 0 Å². The third-order valence-corrected chi connectivity index (χ3v) is 6.85. The van der Waals surface area contributed by atoms with Gasteiger partial charge in [-0.3, -0.25) is 4.79 Å². The summed E-state index contributed by atoms with van der Waals surface area (Å²) in [6, 6.07) is 0. The van der Waals surface area contributed by atoms with Crippen LogP contribution in [0.15, 0.2) is 11.3 Å². The zero-order chi connectivity index (χ0) is 18.1. The number of hydrogen-bond acceptors (Lipinski definition) is 7.